The monoisotopic (exact) mass is 331 g/mol. The maximum absolute atomic E-state index is 13.5. The topological polar surface area (TPSA) is 49.3 Å². The third-order valence-electron chi connectivity index (χ3n) is 2.96. The number of nitrogens with one attached hydrogen (secondary N) is 1. The Balaban J connectivity index is 2.58. The van der Waals surface area contributed by atoms with E-state index in [1.807, 2.05) is 0 Å². The number of halogens is 2. The molecule has 0 radical (unpaired) electrons. The molecule has 0 aromatic heterocycles. The molecule has 1 unspecified atom stereocenters. The smallest absolute Gasteiger partial charge is 0.254 e. The van der Waals surface area contributed by atoms with Gasteiger partial charge in [0.1, 0.15) is 11.6 Å². The molecule has 1 amide bonds. The van der Waals surface area contributed by atoms with Crippen LogP contribution in [0.15, 0.2) is 18.2 Å². The predicted octanol–water partition coefficient (Wildman–Crippen LogP) is 3.46. The SMILES string of the molecule is CCCC(CCBr)CNC(=O)c1ccc(O)cc1F. The van der Waals surface area contributed by atoms with E-state index in [4.69, 9.17) is 5.11 Å². The Bertz CT molecular complexity index is 420. The van der Waals surface area contributed by atoms with Crippen molar-refractivity contribution in [1.29, 1.82) is 0 Å². The molecule has 0 fully saturated rings. The van der Waals surface area contributed by atoms with E-state index >= 15 is 0 Å². The van der Waals surface area contributed by atoms with Crippen LogP contribution in [-0.4, -0.2) is 22.9 Å². The second kappa shape index (κ2) is 8.15. The summed E-state index contributed by atoms with van der Waals surface area (Å²) in [6.45, 7) is 2.64. The average Bonchev–Trinajstić information content (AvgIpc) is 2.36. The number of hydrogen-bond donors (Lipinski definition) is 2. The molecule has 5 heteroatoms. The number of aromatic hydroxyl groups is 1. The molecule has 0 spiro atoms. The highest BCUT2D eigenvalue weighted by molar-refractivity contribution is 9.09. The first-order valence-electron chi connectivity index (χ1n) is 6.41. The minimum Gasteiger partial charge on any atom is -0.508 e. The first kappa shape index (κ1) is 16.0. The Morgan fingerprint density at radius 1 is 1.47 bits per heavy atom. The van der Waals surface area contributed by atoms with Gasteiger partial charge in [-0.1, -0.05) is 29.3 Å². The molecule has 1 aromatic rings. The van der Waals surface area contributed by atoms with Crippen molar-refractivity contribution >= 4 is 21.8 Å². The quantitative estimate of drug-likeness (QED) is 0.751. The second-order valence-electron chi connectivity index (χ2n) is 4.51. The fourth-order valence-electron chi connectivity index (χ4n) is 1.93. The minimum absolute atomic E-state index is 0.0353. The Labute approximate surface area is 121 Å². The first-order valence-corrected chi connectivity index (χ1v) is 7.53. The van der Waals surface area contributed by atoms with Crippen molar-refractivity contribution in [2.75, 3.05) is 11.9 Å². The van der Waals surface area contributed by atoms with Crippen LogP contribution in [0, 0.1) is 11.7 Å². The molecule has 106 valence electrons. The standard InChI is InChI=1S/C14H19BrFNO2/c1-2-3-10(6-7-15)9-17-14(19)12-5-4-11(18)8-13(12)16/h4-5,8,10,18H,2-3,6-7,9H2,1H3,(H,17,19). The maximum atomic E-state index is 13.5. The highest BCUT2D eigenvalue weighted by Crippen LogP contribution is 2.16. The van der Waals surface area contributed by atoms with Crippen LogP contribution in [-0.2, 0) is 0 Å². The van der Waals surface area contributed by atoms with Crippen molar-refractivity contribution in [1.82, 2.24) is 5.32 Å². The molecule has 19 heavy (non-hydrogen) atoms. The van der Waals surface area contributed by atoms with E-state index in [0.29, 0.717) is 12.5 Å². The number of carbonyl (C=O) groups excluding carboxylic acids is 1. The van der Waals surface area contributed by atoms with Crippen LogP contribution in [0.5, 0.6) is 5.75 Å². The first-order chi connectivity index (χ1) is 9.08. The molecule has 0 aliphatic rings. The second-order valence-corrected chi connectivity index (χ2v) is 5.30. The number of carbonyl (C=O) groups is 1. The zero-order valence-electron chi connectivity index (χ0n) is 11.0. The normalized spacial score (nSPS) is 12.2. The summed E-state index contributed by atoms with van der Waals surface area (Å²) in [7, 11) is 0. The number of phenolic OH excluding ortho intramolecular Hbond substituents is 1. The number of rotatable bonds is 7. The summed E-state index contributed by atoms with van der Waals surface area (Å²) in [4.78, 5) is 11.8. The molecule has 2 N–H and O–H groups in total. The molecule has 1 aromatic carbocycles. The highest BCUT2D eigenvalue weighted by Gasteiger charge is 2.14. The Kier molecular flexibility index (Phi) is 6.84. The van der Waals surface area contributed by atoms with Gasteiger partial charge in [0, 0.05) is 17.9 Å². The van der Waals surface area contributed by atoms with E-state index in [2.05, 4.69) is 28.2 Å². The van der Waals surface area contributed by atoms with Crippen molar-refractivity contribution < 1.29 is 14.3 Å². The molecular formula is C14H19BrFNO2. The minimum atomic E-state index is -0.704. The fraction of sp³-hybridized carbons (Fsp3) is 0.500. The van der Waals surface area contributed by atoms with E-state index in [9.17, 15) is 9.18 Å². The van der Waals surface area contributed by atoms with Crippen LogP contribution in [0.4, 0.5) is 4.39 Å². The van der Waals surface area contributed by atoms with Crippen molar-refractivity contribution in [3.63, 3.8) is 0 Å². The van der Waals surface area contributed by atoms with Crippen LogP contribution >= 0.6 is 15.9 Å². The van der Waals surface area contributed by atoms with Crippen LogP contribution < -0.4 is 5.32 Å². The van der Waals surface area contributed by atoms with Crippen molar-refractivity contribution in [3.8, 4) is 5.75 Å². The lowest BCUT2D eigenvalue weighted by Crippen LogP contribution is -2.30. The number of hydrogen-bond acceptors (Lipinski definition) is 2. The van der Waals surface area contributed by atoms with Gasteiger partial charge >= 0.3 is 0 Å². The summed E-state index contributed by atoms with van der Waals surface area (Å²) in [5, 5.41) is 12.7. The largest absolute Gasteiger partial charge is 0.508 e. The van der Waals surface area contributed by atoms with Gasteiger partial charge in [0.05, 0.1) is 5.56 Å². The molecule has 0 saturated heterocycles. The number of phenols is 1. The maximum Gasteiger partial charge on any atom is 0.254 e. The Morgan fingerprint density at radius 2 is 2.21 bits per heavy atom. The third kappa shape index (κ3) is 5.19. The molecule has 1 rings (SSSR count). The summed E-state index contributed by atoms with van der Waals surface area (Å²) >= 11 is 3.39. The fourth-order valence-corrected chi connectivity index (χ4v) is 2.58. The third-order valence-corrected chi connectivity index (χ3v) is 3.42. The predicted molar refractivity (Wildman–Crippen MR) is 77.2 cm³/mol. The molecular weight excluding hydrogens is 313 g/mol. The van der Waals surface area contributed by atoms with Crippen molar-refractivity contribution in [3.05, 3.63) is 29.6 Å². The lowest BCUT2D eigenvalue weighted by molar-refractivity contribution is 0.0942. The average molecular weight is 332 g/mol. The van der Waals surface area contributed by atoms with Crippen LogP contribution in [0.1, 0.15) is 36.5 Å². The van der Waals surface area contributed by atoms with Crippen LogP contribution in [0.2, 0.25) is 0 Å². The lowest BCUT2D eigenvalue weighted by atomic mass is 10.0. The summed E-state index contributed by atoms with van der Waals surface area (Å²) in [5.41, 5.74) is -0.0353. The highest BCUT2D eigenvalue weighted by atomic mass is 79.9. The van der Waals surface area contributed by atoms with Gasteiger partial charge in [0.2, 0.25) is 0 Å². The van der Waals surface area contributed by atoms with E-state index < -0.39 is 11.7 Å². The lowest BCUT2D eigenvalue weighted by Gasteiger charge is -2.15. The van der Waals surface area contributed by atoms with E-state index in [1.165, 1.54) is 12.1 Å². The van der Waals surface area contributed by atoms with Gasteiger partial charge in [-0.05, 0) is 30.9 Å². The molecule has 0 aliphatic heterocycles. The van der Waals surface area contributed by atoms with Gasteiger partial charge in [-0.3, -0.25) is 4.79 Å². The number of alkyl halides is 1. The Morgan fingerprint density at radius 3 is 2.79 bits per heavy atom. The molecule has 3 nitrogen and oxygen atoms in total. The molecule has 0 heterocycles. The number of amides is 1. The summed E-state index contributed by atoms with van der Waals surface area (Å²) in [6.07, 6.45) is 3.07. The summed E-state index contributed by atoms with van der Waals surface area (Å²) in [6, 6.07) is 3.54. The van der Waals surface area contributed by atoms with E-state index in [-0.39, 0.29) is 11.3 Å². The summed E-state index contributed by atoms with van der Waals surface area (Å²) < 4.78 is 13.5. The van der Waals surface area contributed by atoms with Crippen LogP contribution in [0.25, 0.3) is 0 Å². The van der Waals surface area contributed by atoms with Crippen molar-refractivity contribution in [2.45, 2.75) is 26.2 Å². The zero-order chi connectivity index (χ0) is 14.3. The van der Waals surface area contributed by atoms with Gasteiger partial charge in [0.15, 0.2) is 0 Å². The van der Waals surface area contributed by atoms with Crippen molar-refractivity contribution in [2.24, 2.45) is 5.92 Å². The van der Waals surface area contributed by atoms with Gasteiger partial charge in [-0.15, -0.1) is 0 Å². The van der Waals surface area contributed by atoms with Crippen LogP contribution in [0.3, 0.4) is 0 Å². The van der Waals surface area contributed by atoms with Gasteiger partial charge < -0.3 is 10.4 Å². The molecule has 0 saturated carbocycles. The molecule has 0 aliphatic carbocycles. The zero-order valence-corrected chi connectivity index (χ0v) is 12.5. The molecule has 1 atom stereocenters. The van der Waals surface area contributed by atoms with Gasteiger partial charge in [-0.25, -0.2) is 4.39 Å². The molecule has 0 bridgehead atoms. The number of benzene rings is 1. The Hall–Kier alpha value is -1.10. The van der Waals surface area contributed by atoms with Gasteiger partial charge in [0.25, 0.3) is 5.91 Å². The summed E-state index contributed by atoms with van der Waals surface area (Å²) in [5.74, 6) is -0.927. The van der Waals surface area contributed by atoms with E-state index in [0.717, 1.165) is 30.7 Å². The van der Waals surface area contributed by atoms with Gasteiger partial charge in [-0.2, -0.15) is 0 Å². The van der Waals surface area contributed by atoms with E-state index in [1.54, 1.807) is 0 Å².